The van der Waals surface area contributed by atoms with Crippen LogP contribution >= 0.6 is 12.2 Å². The molecule has 0 atom stereocenters. The molecular weight excluding hydrogens is 246 g/mol. The Balaban J connectivity index is 2.08. The fraction of sp³-hybridized carbons (Fsp3) is 0.538. The molecule has 0 radical (unpaired) electrons. The number of methoxy groups -OCH3 is 1. The van der Waals surface area contributed by atoms with E-state index in [1.54, 1.807) is 13.3 Å². The molecule has 1 aliphatic carbocycles. The number of ether oxygens (including phenoxy) is 1. The van der Waals surface area contributed by atoms with Gasteiger partial charge in [-0.15, -0.1) is 0 Å². The third-order valence-corrected chi connectivity index (χ3v) is 3.34. The Hall–Kier alpha value is -1.04. The lowest BCUT2D eigenvalue weighted by Gasteiger charge is -2.22. The molecule has 1 aromatic rings. The van der Waals surface area contributed by atoms with E-state index in [2.05, 4.69) is 9.88 Å². The maximum absolute atomic E-state index is 5.71. The minimum Gasteiger partial charge on any atom is -0.388 e. The van der Waals surface area contributed by atoms with E-state index in [0.29, 0.717) is 11.0 Å². The highest BCUT2D eigenvalue weighted by molar-refractivity contribution is 7.80. The zero-order valence-electron chi connectivity index (χ0n) is 10.6. The minimum absolute atomic E-state index is 0.369. The van der Waals surface area contributed by atoms with Crippen LogP contribution in [-0.2, 0) is 11.3 Å². The smallest absolute Gasteiger partial charge is 0.123 e. The predicted octanol–water partition coefficient (Wildman–Crippen LogP) is 1.33. The van der Waals surface area contributed by atoms with E-state index >= 15 is 0 Å². The first-order valence-electron chi connectivity index (χ1n) is 6.19. The van der Waals surface area contributed by atoms with E-state index in [0.717, 1.165) is 31.0 Å². The van der Waals surface area contributed by atoms with Crippen molar-refractivity contribution >= 4 is 17.2 Å². The Morgan fingerprint density at radius 1 is 1.61 bits per heavy atom. The average Bonchev–Trinajstić information content (AvgIpc) is 3.19. The molecule has 0 amide bonds. The Bertz CT molecular complexity index is 420. The standard InChI is InChI=1S/C13H19N3OS/c1-17-8-7-16(11-4-5-11)9-10-3-2-6-15-12(10)13(14)18/h2-3,6,11H,4-5,7-9H2,1H3,(H2,14,18). The van der Waals surface area contributed by atoms with E-state index in [1.165, 1.54) is 12.8 Å². The van der Waals surface area contributed by atoms with Crippen LogP contribution in [0.1, 0.15) is 24.1 Å². The SMILES string of the molecule is COCCN(Cc1cccnc1C(N)=S)C1CC1. The van der Waals surface area contributed by atoms with E-state index in [9.17, 15) is 0 Å². The van der Waals surface area contributed by atoms with Crippen molar-refractivity contribution in [2.24, 2.45) is 5.73 Å². The average molecular weight is 265 g/mol. The summed E-state index contributed by atoms with van der Waals surface area (Å²) in [6.07, 6.45) is 4.27. The van der Waals surface area contributed by atoms with Crippen LogP contribution in [0.2, 0.25) is 0 Å². The molecule has 4 nitrogen and oxygen atoms in total. The number of rotatable bonds is 7. The Labute approximate surface area is 113 Å². The van der Waals surface area contributed by atoms with E-state index < -0.39 is 0 Å². The maximum atomic E-state index is 5.71. The molecule has 1 saturated carbocycles. The van der Waals surface area contributed by atoms with Gasteiger partial charge in [-0.3, -0.25) is 9.88 Å². The summed E-state index contributed by atoms with van der Waals surface area (Å²) < 4.78 is 5.16. The van der Waals surface area contributed by atoms with Crippen LogP contribution in [0, 0.1) is 0 Å². The van der Waals surface area contributed by atoms with Gasteiger partial charge in [0.1, 0.15) is 10.7 Å². The van der Waals surface area contributed by atoms with Gasteiger partial charge in [0, 0.05) is 32.4 Å². The van der Waals surface area contributed by atoms with Gasteiger partial charge in [-0.25, -0.2) is 0 Å². The Morgan fingerprint density at radius 3 is 3.00 bits per heavy atom. The van der Waals surface area contributed by atoms with Gasteiger partial charge in [0.05, 0.1) is 6.61 Å². The van der Waals surface area contributed by atoms with Gasteiger partial charge in [-0.2, -0.15) is 0 Å². The molecule has 0 aromatic carbocycles. The summed E-state index contributed by atoms with van der Waals surface area (Å²) in [6.45, 7) is 2.53. The van der Waals surface area contributed by atoms with Crippen molar-refractivity contribution in [2.75, 3.05) is 20.3 Å². The fourth-order valence-corrected chi connectivity index (χ4v) is 2.23. The van der Waals surface area contributed by atoms with Gasteiger partial charge in [0.15, 0.2) is 0 Å². The Kier molecular flexibility index (Phi) is 4.63. The molecule has 1 heterocycles. The van der Waals surface area contributed by atoms with E-state index in [-0.39, 0.29) is 0 Å². The van der Waals surface area contributed by atoms with E-state index in [1.807, 2.05) is 12.1 Å². The molecule has 1 aromatic heterocycles. The number of hydrogen-bond acceptors (Lipinski definition) is 4. The summed E-state index contributed by atoms with van der Waals surface area (Å²) in [4.78, 5) is 7.05. The van der Waals surface area contributed by atoms with Gasteiger partial charge in [-0.05, 0) is 24.5 Å². The van der Waals surface area contributed by atoms with Crippen molar-refractivity contribution in [2.45, 2.75) is 25.4 Å². The number of pyridine rings is 1. The minimum atomic E-state index is 0.369. The van der Waals surface area contributed by atoms with Gasteiger partial charge in [0.25, 0.3) is 0 Å². The molecule has 0 saturated heterocycles. The van der Waals surface area contributed by atoms with Gasteiger partial charge >= 0.3 is 0 Å². The van der Waals surface area contributed by atoms with Crippen LogP contribution < -0.4 is 5.73 Å². The first kappa shape index (κ1) is 13.4. The fourth-order valence-electron chi connectivity index (χ4n) is 2.05. The summed E-state index contributed by atoms with van der Waals surface area (Å²) >= 11 is 5.04. The highest BCUT2D eigenvalue weighted by Gasteiger charge is 2.29. The largest absolute Gasteiger partial charge is 0.388 e. The molecule has 1 fully saturated rings. The zero-order valence-corrected chi connectivity index (χ0v) is 11.4. The first-order valence-corrected chi connectivity index (χ1v) is 6.60. The second-order valence-electron chi connectivity index (χ2n) is 4.57. The van der Waals surface area contributed by atoms with Gasteiger partial charge < -0.3 is 10.5 Å². The summed E-state index contributed by atoms with van der Waals surface area (Å²) in [6, 6.07) is 4.65. The first-order chi connectivity index (χ1) is 8.72. The number of nitrogens with zero attached hydrogens (tertiary/aromatic N) is 2. The van der Waals surface area contributed by atoms with Gasteiger partial charge in [-0.1, -0.05) is 18.3 Å². The molecule has 0 bridgehead atoms. The Morgan fingerprint density at radius 2 is 2.39 bits per heavy atom. The lowest BCUT2D eigenvalue weighted by atomic mass is 10.1. The topological polar surface area (TPSA) is 51.4 Å². The molecule has 2 N–H and O–H groups in total. The molecule has 0 unspecified atom stereocenters. The van der Waals surface area contributed by atoms with Crippen LogP contribution in [-0.4, -0.2) is 41.2 Å². The van der Waals surface area contributed by atoms with Crippen molar-refractivity contribution < 1.29 is 4.74 Å². The van der Waals surface area contributed by atoms with Crippen molar-refractivity contribution in [1.82, 2.24) is 9.88 Å². The number of thiocarbonyl (C=S) groups is 1. The molecule has 0 spiro atoms. The lowest BCUT2D eigenvalue weighted by Crippen LogP contribution is -2.30. The van der Waals surface area contributed by atoms with Crippen LogP contribution in [0.15, 0.2) is 18.3 Å². The molecule has 1 aliphatic rings. The summed E-state index contributed by atoms with van der Waals surface area (Å²) in [7, 11) is 1.73. The van der Waals surface area contributed by atoms with Crippen LogP contribution in [0.3, 0.4) is 0 Å². The monoisotopic (exact) mass is 265 g/mol. The second kappa shape index (κ2) is 6.22. The molecule has 98 valence electrons. The molecule has 0 aliphatic heterocycles. The van der Waals surface area contributed by atoms with Crippen LogP contribution in [0.25, 0.3) is 0 Å². The van der Waals surface area contributed by atoms with Crippen molar-refractivity contribution in [3.8, 4) is 0 Å². The lowest BCUT2D eigenvalue weighted by molar-refractivity contribution is 0.139. The van der Waals surface area contributed by atoms with Gasteiger partial charge in [0.2, 0.25) is 0 Å². The summed E-state index contributed by atoms with van der Waals surface area (Å²) in [5.74, 6) is 0. The molecule has 2 rings (SSSR count). The van der Waals surface area contributed by atoms with Crippen molar-refractivity contribution in [1.29, 1.82) is 0 Å². The highest BCUT2D eigenvalue weighted by atomic mass is 32.1. The third kappa shape index (κ3) is 3.48. The summed E-state index contributed by atoms with van der Waals surface area (Å²) in [5, 5.41) is 0. The highest BCUT2D eigenvalue weighted by Crippen LogP contribution is 2.28. The van der Waals surface area contributed by atoms with Crippen molar-refractivity contribution in [3.05, 3.63) is 29.6 Å². The normalized spacial score (nSPS) is 15.0. The van der Waals surface area contributed by atoms with Crippen LogP contribution in [0.5, 0.6) is 0 Å². The molecule has 5 heteroatoms. The number of hydrogen-bond donors (Lipinski definition) is 1. The summed E-state index contributed by atoms with van der Waals surface area (Å²) in [5.41, 5.74) is 7.56. The van der Waals surface area contributed by atoms with Crippen molar-refractivity contribution in [3.63, 3.8) is 0 Å². The predicted molar refractivity (Wildman–Crippen MR) is 75.4 cm³/mol. The van der Waals surface area contributed by atoms with E-state index in [4.69, 9.17) is 22.7 Å². The van der Waals surface area contributed by atoms with Crippen LogP contribution in [0.4, 0.5) is 0 Å². The zero-order chi connectivity index (χ0) is 13.0. The number of nitrogens with two attached hydrogens (primary N) is 1. The molecule has 18 heavy (non-hydrogen) atoms. The third-order valence-electron chi connectivity index (χ3n) is 3.14. The maximum Gasteiger partial charge on any atom is 0.123 e. The number of aromatic nitrogens is 1. The second-order valence-corrected chi connectivity index (χ2v) is 5.01. The molecular formula is C13H19N3OS. The quantitative estimate of drug-likeness (QED) is 0.754.